The van der Waals surface area contributed by atoms with Gasteiger partial charge in [0.1, 0.15) is 6.34 Å². The molecule has 0 atom stereocenters. The summed E-state index contributed by atoms with van der Waals surface area (Å²) in [5.41, 5.74) is 3.62. The molecule has 0 amide bonds. The first-order chi connectivity index (χ1) is 3.97. The average molecular weight is 108 g/mol. The Morgan fingerprint density at radius 3 is 2.88 bits per heavy atom. The summed E-state index contributed by atoms with van der Waals surface area (Å²) in [4.78, 5) is 3.96. The number of aliphatic imine (C=N–C) groups is 1. The molecule has 1 radical (unpaired) electrons. The Hall–Kier alpha value is -0.860. The maximum atomic E-state index is 3.96. The van der Waals surface area contributed by atoms with E-state index in [0.29, 0.717) is 5.92 Å². The van der Waals surface area contributed by atoms with E-state index in [0.717, 1.165) is 5.84 Å². The van der Waals surface area contributed by atoms with Crippen molar-refractivity contribution in [1.29, 1.82) is 0 Å². The van der Waals surface area contributed by atoms with Crippen molar-refractivity contribution >= 4 is 12.2 Å². The largest absolute Gasteiger partial charge is 0.217 e. The Bertz CT molecular complexity index is 155. The fourth-order valence-corrected chi connectivity index (χ4v) is 0.724. The van der Waals surface area contributed by atoms with Crippen LogP contribution >= 0.6 is 0 Å². The van der Waals surface area contributed by atoms with Gasteiger partial charge >= 0.3 is 0 Å². The lowest BCUT2D eigenvalue weighted by atomic mass is 10.4. The van der Waals surface area contributed by atoms with Gasteiger partial charge in [-0.25, -0.2) is 4.99 Å². The first-order valence-electron chi connectivity index (χ1n) is 2.77. The monoisotopic (exact) mass is 108 g/mol. The molecule has 0 bridgehead atoms. The fraction of sp³-hybridized carbons (Fsp3) is 0.600. The van der Waals surface area contributed by atoms with Crippen LogP contribution in [0.3, 0.4) is 0 Å². The second-order valence-corrected chi connectivity index (χ2v) is 2.09. The molecule has 0 spiro atoms. The van der Waals surface area contributed by atoms with Gasteiger partial charge in [-0.1, -0.05) is 0 Å². The zero-order valence-corrected chi connectivity index (χ0v) is 4.41. The van der Waals surface area contributed by atoms with Crippen LogP contribution < -0.4 is 5.43 Å². The second-order valence-electron chi connectivity index (χ2n) is 2.09. The predicted octanol–water partition coefficient (Wildman–Crippen LogP) is 0.356. The highest BCUT2D eigenvalue weighted by Crippen LogP contribution is 2.31. The summed E-state index contributed by atoms with van der Waals surface area (Å²) in [6, 6.07) is 0. The minimum Gasteiger partial charge on any atom is -0.217 e. The number of hydrogen-bond acceptors (Lipinski definition) is 2. The van der Waals surface area contributed by atoms with E-state index in [1.54, 1.807) is 0 Å². The Labute approximate surface area is 47.5 Å². The van der Waals surface area contributed by atoms with Gasteiger partial charge in [-0.2, -0.15) is 0 Å². The number of amidine groups is 1. The minimum absolute atomic E-state index is 0.650. The van der Waals surface area contributed by atoms with Gasteiger partial charge < -0.3 is 0 Å². The highest BCUT2D eigenvalue weighted by atomic mass is 15.4. The highest BCUT2D eigenvalue weighted by molar-refractivity contribution is 5.95. The van der Waals surface area contributed by atoms with Gasteiger partial charge in [0.05, 0.1) is 0 Å². The number of rotatable bonds is 1. The molecule has 0 saturated heterocycles. The molecule has 41 valence electrons. The van der Waals surface area contributed by atoms with Crippen molar-refractivity contribution in [2.24, 2.45) is 16.0 Å². The molecule has 1 heterocycles. The smallest absolute Gasteiger partial charge is 0.155 e. The lowest BCUT2D eigenvalue weighted by Crippen LogP contribution is -1.91. The molecule has 0 aromatic heterocycles. The Balaban J connectivity index is 2.13. The van der Waals surface area contributed by atoms with Crippen molar-refractivity contribution in [3.05, 3.63) is 0 Å². The van der Waals surface area contributed by atoms with Crippen LogP contribution in [-0.4, -0.2) is 12.2 Å². The molecular formula is C5H6N3. The lowest BCUT2D eigenvalue weighted by Gasteiger charge is -1.82. The van der Waals surface area contributed by atoms with Crippen LogP contribution in [0, 0.1) is 5.92 Å². The molecule has 2 aliphatic rings. The van der Waals surface area contributed by atoms with Gasteiger partial charge in [-0.3, -0.25) is 0 Å². The molecule has 0 aromatic rings. The van der Waals surface area contributed by atoms with Gasteiger partial charge in [-0.05, 0) is 12.8 Å². The van der Waals surface area contributed by atoms with E-state index < -0.39 is 0 Å². The number of nitrogens with zero attached hydrogens (tertiary/aromatic N) is 3. The molecule has 0 aromatic carbocycles. The van der Waals surface area contributed by atoms with Gasteiger partial charge in [0, 0.05) is 5.92 Å². The van der Waals surface area contributed by atoms with Crippen molar-refractivity contribution in [3.63, 3.8) is 0 Å². The molecule has 3 nitrogen and oxygen atoms in total. The quantitative estimate of drug-likeness (QED) is 0.465. The van der Waals surface area contributed by atoms with Gasteiger partial charge in [0.15, 0.2) is 5.84 Å². The molecule has 1 fully saturated rings. The summed E-state index contributed by atoms with van der Waals surface area (Å²) in [7, 11) is 0. The summed E-state index contributed by atoms with van der Waals surface area (Å²) in [6.45, 7) is 0. The normalized spacial score (nSPS) is 25.2. The molecule has 0 unspecified atom stereocenters. The van der Waals surface area contributed by atoms with Crippen LogP contribution in [0.4, 0.5) is 0 Å². The first kappa shape index (κ1) is 4.06. The third-order valence-electron chi connectivity index (χ3n) is 1.34. The molecule has 2 rings (SSSR count). The van der Waals surface area contributed by atoms with E-state index in [1.807, 2.05) is 0 Å². The van der Waals surface area contributed by atoms with Gasteiger partial charge in [-0.15, -0.1) is 10.5 Å². The molecule has 1 aliphatic carbocycles. The topological polar surface area (TPSA) is 38.8 Å². The first-order valence-corrected chi connectivity index (χ1v) is 2.77. The maximum absolute atomic E-state index is 3.96. The van der Waals surface area contributed by atoms with Crippen LogP contribution in [0.5, 0.6) is 0 Å². The van der Waals surface area contributed by atoms with E-state index in [9.17, 15) is 0 Å². The highest BCUT2D eigenvalue weighted by Gasteiger charge is 2.28. The van der Waals surface area contributed by atoms with Crippen molar-refractivity contribution in [2.45, 2.75) is 12.8 Å². The average Bonchev–Trinajstić information content (AvgIpc) is 2.49. The fourth-order valence-electron chi connectivity index (χ4n) is 0.724. The molecule has 1 saturated carbocycles. The maximum Gasteiger partial charge on any atom is 0.155 e. The SMILES string of the molecule is C1=NC(C2CC2)=N[N]1. The summed E-state index contributed by atoms with van der Waals surface area (Å²) < 4.78 is 0. The van der Waals surface area contributed by atoms with E-state index in [-0.39, 0.29) is 0 Å². The van der Waals surface area contributed by atoms with E-state index in [1.165, 1.54) is 19.2 Å². The zero-order valence-electron chi connectivity index (χ0n) is 4.41. The third kappa shape index (κ3) is 0.510. The Morgan fingerprint density at radius 1 is 1.50 bits per heavy atom. The van der Waals surface area contributed by atoms with Crippen molar-refractivity contribution < 1.29 is 0 Å². The molecule has 3 heteroatoms. The van der Waals surface area contributed by atoms with Crippen LogP contribution in [0.15, 0.2) is 10.1 Å². The lowest BCUT2D eigenvalue weighted by molar-refractivity contribution is 1.03. The van der Waals surface area contributed by atoms with Gasteiger partial charge in [0.2, 0.25) is 0 Å². The Morgan fingerprint density at radius 2 is 2.38 bits per heavy atom. The van der Waals surface area contributed by atoms with Crippen LogP contribution in [0.2, 0.25) is 0 Å². The summed E-state index contributed by atoms with van der Waals surface area (Å²) in [5.74, 6) is 1.59. The minimum atomic E-state index is 0.650. The van der Waals surface area contributed by atoms with E-state index >= 15 is 0 Å². The standard InChI is InChI=1S/C5H6N3/c1-2-4(1)5-6-3-7-8-5/h3-4H,1-2H2. The Kier molecular flexibility index (Phi) is 0.664. The summed E-state index contributed by atoms with van der Waals surface area (Å²) in [6.07, 6.45) is 4.02. The van der Waals surface area contributed by atoms with E-state index in [2.05, 4.69) is 15.5 Å². The number of hydrogen-bond donors (Lipinski definition) is 0. The molecular weight excluding hydrogens is 102 g/mol. The molecule has 8 heavy (non-hydrogen) atoms. The van der Waals surface area contributed by atoms with Crippen LogP contribution in [-0.2, 0) is 0 Å². The van der Waals surface area contributed by atoms with Crippen LogP contribution in [0.1, 0.15) is 12.8 Å². The van der Waals surface area contributed by atoms with Crippen molar-refractivity contribution in [2.75, 3.05) is 0 Å². The summed E-state index contributed by atoms with van der Waals surface area (Å²) in [5, 5.41) is 3.82. The van der Waals surface area contributed by atoms with Crippen LogP contribution in [0.25, 0.3) is 0 Å². The van der Waals surface area contributed by atoms with E-state index in [4.69, 9.17) is 0 Å². The zero-order chi connectivity index (χ0) is 5.40. The second kappa shape index (κ2) is 1.31. The molecule has 0 N–H and O–H groups in total. The third-order valence-corrected chi connectivity index (χ3v) is 1.34. The summed E-state index contributed by atoms with van der Waals surface area (Å²) >= 11 is 0. The van der Waals surface area contributed by atoms with Crippen molar-refractivity contribution in [1.82, 2.24) is 5.43 Å². The van der Waals surface area contributed by atoms with Gasteiger partial charge in [0.25, 0.3) is 0 Å². The van der Waals surface area contributed by atoms with Crippen molar-refractivity contribution in [3.8, 4) is 0 Å². The molecule has 1 aliphatic heterocycles. The predicted molar refractivity (Wildman–Crippen MR) is 30.8 cm³/mol.